The molecule has 4 aromatic rings. The highest BCUT2D eigenvalue weighted by Gasteiger charge is 2.19. The Labute approximate surface area is 183 Å². The third-order valence-electron chi connectivity index (χ3n) is 4.61. The van der Waals surface area contributed by atoms with Crippen LogP contribution in [0.3, 0.4) is 0 Å². The number of amides is 1. The largest absolute Gasteiger partial charge is 0.381 e. The Morgan fingerprint density at radius 1 is 1.20 bits per heavy atom. The van der Waals surface area contributed by atoms with Gasteiger partial charge in [0.2, 0.25) is 0 Å². The monoisotopic (exact) mass is 520 g/mol. The minimum Gasteiger partial charge on any atom is -0.381 e. The second-order valence-corrected chi connectivity index (χ2v) is 7.79. The van der Waals surface area contributed by atoms with Crippen molar-refractivity contribution in [3.8, 4) is 0 Å². The van der Waals surface area contributed by atoms with Gasteiger partial charge in [-0.3, -0.25) is 9.20 Å². The molecule has 0 fully saturated rings. The Morgan fingerprint density at radius 3 is 2.73 bits per heavy atom. The molecule has 0 bridgehead atoms. The summed E-state index contributed by atoms with van der Waals surface area (Å²) in [6.45, 7) is 0. The van der Waals surface area contributed by atoms with Crippen LogP contribution < -0.4 is 16.8 Å². The van der Waals surface area contributed by atoms with Crippen molar-refractivity contribution in [3.63, 3.8) is 0 Å². The number of hydrogen-bond donors (Lipinski definition) is 3. The minimum atomic E-state index is -0.727. The average molecular weight is 520 g/mol. The fourth-order valence-corrected chi connectivity index (χ4v) is 3.63. The van der Waals surface area contributed by atoms with Crippen molar-refractivity contribution in [2.75, 3.05) is 11.1 Å². The number of nitrogens with zero attached hydrogens (tertiary/aromatic N) is 3. The molecule has 3 aromatic heterocycles. The lowest BCUT2D eigenvalue weighted by molar-refractivity contribution is 0.100. The molecule has 1 amide bonds. The van der Waals surface area contributed by atoms with Gasteiger partial charge in [-0.1, -0.05) is 0 Å². The van der Waals surface area contributed by atoms with Crippen molar-refractivity contribution in [1.29, 1.82) is 0 Å². The molecule has 152 valence electrons. The number of carbonyl (C=O) groups is 1. The molecule has 0 radical (unpaired) electrons. The lowest BCUT2D eigenvalue weighted by Crippen LogP contribution is -2.17. The zero-order valence-corrected chi connectivity index (χ0v) is 17.5. The zero-order valence-electron chi connectivity index (χ0n) is 15.4. The SMILES string of the molecule is NC(=O)c1cc(Cc2ccnc(N)c2F)c2cncn2c1Nc1ccc(I)cc1F. The number of benzene rings is 1. The van der Waals surface area contributed by atoms with Crippen molar-refractivity contribution in [2.45, 2.75) is 6.42 Å². The number of carbonyl (C=O) groups excluding carboxylic acids is 1. The summed E-state index contributed by atoms with van der Waals surface area (Å²) in [4.78, 5) is 20.0. The maximum absolute atomic E-state index is 14.4. The van der Waals surface area contributed by atoms with Crippen LogP contribution in [0.25, 0.3) is 5.52 Å². The fourth-order valence-electron chi connectivity index (χ4n) is 3.18. The Hall–Kier alpha value is -3.28. The summed E-state index contributed by atoms with van der Waals surface area (Å²) < 4.78 is 31.0. The quantitative estimate of drug-likeness (QED) is 0.348. The predicted molar refractivity (Wildman–Crippen MR) is 118 cm³/mol. The number of primary amides is 1. The van der Waals surface area contributed by atoms with Crippen LogP contribution in [0.4, 0.5) is 26.1 Å². The smallest absolute Gasteiger partial charge is 0.252 e. The lowest BCUT2D eigenvalue weighted by atomic mass is 10.0. The highest BCUT2D eigenvalue weighted by molar-refractivity contribution is 14.1. The van der Waals surface area contributed by atoms with E-state index in [9.17, 15) is 13.6 Å². The molecule has 7 nitrogen and oxygen atoms in total. The Morgan fingerprint density at radius 2 is 2.00 bits per heavy atom. The zero-order chi connectivity index (χ0) is 21.4. The Kier molecular flexibility index (Phi) is 5.24. The number of nitrogens with one attached hydrogen (secondary N) is 1. The number of anilines is 3. The fraction of sp³-hybridized carbons (Fsp3) is 0.0500. The van der Waals surface area contributed by atoms with E-state index in [1.54, 1.807) is 28.8 Å². The van der Waals surface area contributed by atoms with Crippen LogP contribution in [0.1, 0.15) is 21.5 Å². The molecule has 0 saturated heterocycles. The van der Waals surface area contributed by atoms with E-state index in [0.29, 0.717) is 16.6 Å². The molecular formula is C20H15F2IN6O. The van der Waals surface area contributed by atoms with E-state index in [0.717, 1.165) is 3.57 Å². The van der Waals surface area contributed by atoms with Gasteiger partial charge in [0.1, 0.15) is 18.0 Å². The summed E-state index contributed by atoms with van der Waals surface area (Å²) in [5.41, 5.74) is 12.9. The predicted octanol–water partition coefficient (Wildman–Crippen LogP) is 3.63. The molecule has 0 spiro atoms. The molecule has 0 atom stereocenters. The number of hydrogen-bond acceptors (Lipinski definition) is 5. The van der Waals surface area contributed by atoms with Crippen molar-refractivity contribution in [3.05, 3.63) is 80.9 Å². The van der Waals surface area contributed by atoms with E-state index < -0.39 is 17.5 Å². The highest BCUT2D eigenvalue weighted by atomic mass is 127. The molecule has 0 saturated carbocycles. The molecular weight excluding hydrogens is 505 g/mol. The van der Waals surface area contributed by atoms with Gasteiger partial charge in [-0.2, -0.15) is 0 Å². The topological polar surface area (TPSA) is 111 Å². The third-order valence-corrected chi connectivity index (χ3v) is 5.28. The van der Waals surface area contributed by atoms with Gasteiger partial charge < -0.3 is 16.8 Å². The van der Waals surface area contributed by atoms with Crippen LogP contribution in [-0.4, -0.2) is 20.3 Å². The highest BCUT2D eigenvalue weighted by Crippen LogP contribution is 2.29. The van der Waals surface area contributed by atoms with Crippen molar-refractivity contribution >= 4 is 51.3 Å². The number of pyridine rings is 2. The number of nitrogens with two attached hydrogens (primary N) is 2. The molecule has 1 aromatic carbocycles. The number of halogens is 3. The van der Waals surface area contributed by atoms with Crippen LogP contribution >= 0.6 is 22.6 Å². The molecule has 0 aliphatic carbocycles. The van der Waals surface area contributed by atoms with Gasteiger partial charge in [0, 0.05) is 16.2 Å². The van der Waals surface area contributed by atoms with Crippen molar-refractivity contribution in [1.82, 2.24) is 14.4 Å². The van der Waals surface area contributed by atoms with Crippen LogP contribution in [-0.2, 0) is 6.42 Å². The van der Waals surface area contributed by atoms with E-state index in [1.807, 2.05) is 22.6 Å². The first-order valence-corrected chi connectivity index (χ1v) is 9.81. The molecule has 0 unspecified atom stereocenters. The standard InChI is InChI=1S/C20H15F2IN6O/c21-14-7-12(23)1-2-15(14)28-20-13(19(25)30)6-11(16-8-26-9-29(16)20)5-10-3-4-27-18(24)17(10)22/h1-4,6-9,28H,5H2,(H2,24,27)(H2,25,30). The Bertz CT molecular complexity index is 1290. The minimum absolute atomic E-state index is 0.107. The molecule has 0 aliphatic rings. The van der Waals surface area contributed by atoms with Gasteiger partial charge in [0.05, 0.1) is 23.0 Å². The summed E-state index contributed by atoms with van der Waals surface area (Å²) in [6.07, 6.45) is 4.57. The first kappa shape index (κ1) is 20.0. The normalized spacial score (nSPS) is 11.0. The maximum atomic E-state index is 14.4. The van der Waals surface area contributed by atoms with Gasteiger partial charge in [0.25, 0.3) is 5.91 Å². The summed E-state index contributed by atoms with van der Waals surface area (Å²) in [7, 11) is 0. The first-order chi connectivity index (χ1) is 14.3. The number of imidazole rings is 1. The number of aromatic nitrogens is 3. The van der Waals surface area contributed by atoms with Crippen LogP contribution in [0.2, 0.25) is 0 Å². The molecule has 0 aliphatic heterocycles. The molecule has 10 heteroatoms. The lowest BCUT2D eigenvalue weighted by Gasteiger charge is -2.16. The first-order valence-electron chi connectivity index (χ1n) is 8.74. The van der Waals surface area contributed by atoms with E-state index in [2.05, 4.69) is 15.3 Å². The maximum Gasteiger partial charge on any atom is 0.252 e. The summed E-state index contributed by atoms with van der Waals surface area (Å²) in [5.74, 6) is -1.79. The van der Waals surface area contributed by atoms with Crippen LogP contribution in [0.15, 0.2) is 49.1 Å². The molecule has 3 heterocycles. The van der Waals surface area contributed by atoms with E-state index in [-0.39, 0.29) is 29.3 Å². The number of rotatable bonds is 5. The third kappa shape index (κ3) is 3.65. The summed E-state index contributed by atoms with van der Waals surface area (Å²) in [6, 6.07) is 7.71. The van der Waals surface area contributed by atoms with Crippen LogP contribution in [0.5, 0.6) is 0 Å². The van der Waals surface area contributed by atoms with Gasteiger partial charge in [-0.15, -0.1) is 0 Å². The van der Waals surface area contributed by atoms with Gasteiger partial charge in [-0.25, -0.2) is 18.7 Å². The van der Waals surface area contributed by atoms with Crippen LogP contribution in [0, 0.1) is 15.2 Å². The molecule has 30 heavy (non-hydrogen) atoms. The van der Waals surface area contributed by atoms with Gasteiger partial charge in [0.15, 0.2) is 11.6 Å². The summed E-state index contributed by atoms with van der Waals surface area (Å²) in [5, 5.41) is 2.93. The van der Waals surface area contributed by atoms with Crippen molar-refractivity contribution < 1.29 is 13.6 Å². The second-order valence-electron chi connectivity index (χ2n) is 6.54. The Balaban J connectivity index is 1.85. The molecule has 4 rings (SSSR count). The van der Waals surface area contributed by atoms with E-state index in [1.165, 1.54) is 24.7 Å². The van der Waals surface area contributed by atoms with E-state index >= 15 is 0 Å². The molecule has 5 N–H and O–H groups in total. The second kappa shape index (κ2) is 7.86. The average Bonchev–Trinajstić information content (AvgIpc) is 3.19. The number of nitrogen functional groups attached to an aromatic ring is 1. The van der Waals surface area contributed by atoms with Gasteiger partial charge in [-0.05, 0) is 64.0 Å². The van der Waals surface area contributed by atoms with Gasteiger partial charge >= 0.3 is 0 Å². The van der Waals surface area contributed by atoms with Crippen molar-refractivity contribution in [2.24, 2.45) is 5.73 Å². The summed E-state index contributed by atoms with van der Waals surface area (Å²) >= 11 is 2.00. The number of fused-ring (bicyclic) bond motifs is 1. The van der Waals surface area contributed by atoms with E-state index in [4.69, 9.17) is 11.5 Å².